The number of halogens is 1. The van der Waals surface area contributed by atoms with Gasteiger partial charge in [-0.15, -0.1) is 0 Å². The summed E-state index contributed by atoms with van der Waals surface area (Å²) in [4.78, 5) is 10.4. The molecule has 1 aromatic carbocycles. The molecule has 0 heterocycles. The van der Waals surface area contributed by atoms with Gasteiger partial charge in [-0.1, -0.05) is 6.07 Å². The van der Waals surface area contributed by atoms with Crippen LogP contribution >= 0.6 is 15.9 Å². The average molecular weight is 217 g/mol. The van der Waals surface area contributed by atoms with Gasteiger partial charge >= 0.3 is 5.97 Å². The number of carbonyl (C=O) groups is 1. The van der Waals surface area contributed by atoms with Crippen LogP contribution in [0.15, 0.2) is 22.7 Å². The van der Waals surface area contributed by atoms with Gasteiger partial charge in [0.15, 0.2) is 0 Å². The number of carboxylic acids is 1. The molecule has 0 aliphatic rings. The third kappa shape index (κ3) is 1.51. The van der Waals surface area contributed by atoms with Gasteiger partial charge in [-0.2, -0.15) is 0 Å². The van der Waals surface area contributed by atoms with E-state index < -0.39 is 5.97 Å². The van der Waals surface area contributed by atoms with Crippen LogP contribution in [0.4, 0.5) is 0 Å². The first-order valence-corrected chi connectivity index (χ1v) is 3.63. The molecule has 0 bridgehead atoms. The number of aromatic hydroxyl groups is 1. The van der Waals surface area contributed by atoms with E-state index in [2.05, 4.69) is 15.9 Å². The molecule has 1 aromatic rings. The van der Waals surface area contributed by atoms with Crippen LogP contribution < -0.4 is 0 Å². The highest BCUT2D eigenvalue weighted by atomic mass is 79.9. The first-order chi connectivity index (χ1) is 5.13. The van der Waals surface area contributed by atoms with Gasteiger partial charge in [-0.25, -0.2) is 4.79 Å². The Morgan fingerprint density at radius 1 is 1.45 bits per heavy atom. The molecule has 0 aliphatic carbocycles. The zero-order chi connectivity index (χ0) is 8.43. The van der Waals surface area contributed by atoms with Crippen molar-refractivity contribution in [1.82, 2.24) is 0 Å². The van der Waals surface area contributed by atoms with E-state index in [0.717, 1.165) is 0 Å². The fourth-order valence-corrected chi connectivity index (χ4v) is 1.12. The quantitative estimate of drug-likeness (QED) is 0.754. The maximum Gasteiger partial charge on any atom is 0.336 e. The van der Waals surface area contributed by atoms with Crippen LogP contribution in [0.2, 0.25) is 0 Å². The highest BCUT2D eigenvalue weighted by molar-refractivity contribution is 9.10. The third-order valence-corrected chi connectivity index (χ3v) is 2.04. The van der Waals surface area contributed by atoms with E-state index in [9.17, 15) is 4.79 Å². The summed E-state index contributed by atoms with van der Waals surface area (Å²) in [5, 5.41) is 17.6. The lowest BCUT2D eigenvalue weighted by Gasteiger charge is -1.99. The summed E-state index contributed by atoms with van der Waals surface area (Å²) in [6, 6.07) is 4.30. The minimum atomic E-state index is -1.06. The van der Waals surface area contributed by atoms with Gasteiger partial charge in [-0.3, -0.25) is 0 Å². The summed E-state index contributed by atoms with van der Waals surface area (Å²) >= 11 is 2.95. The lowest BCUT2D eigenvalue weighted by Crippen LogP contribution is -1.96. The van der Waals surface area contributed by atoms with Crippen LogP contribution in [0, 0.1) is 0 Å². The Hall–Kier alpha value is -1.03. The normalized spacial score (nSPS) is 9.55. The Bertz CT molecular complexity index is 296. The Labute approximate surface area is 71.4 Å². The largest absolute Gasteiger partial charge is 0.507 e. The number of carboxylic acid groups (broad SMARTS) is 1. The Morgan fingerprint density at radius 3 is 2.55 bits per heavy atom. The predicted molar refractivity (Wildman–Crippen MR) is 42.8 cm³/mol. The molecule has 3 nitrogen and oxygen atoms in total. The second-order valence-electron chi connectivity index (χ2n) is 1.94. The van der Waals surface area contributed by atoms with E-state index in [4.69, 9.17) is 10.2 Å². The van der Waals surface area contributed by atoms with Crippen LogP contribution in [0.5, 0.6) is 5.75 Å². The van der Waals surface area contributed by atoms with E-state index in [0.29, 0.717) is 0 Å². The lowest BCUT2D eigenvalue weighted by atomic mass is 10.2. The molecule has 0 aliphatic heterocycles. The van der Waals surface area contributed by atoms with Gasteiger partial charge in [0.2, 0.25) is 0 Å². The molecule has 0 amide bonds. The number of aromatic carboxylic acids is 1. The van der Waals surface area contributed by atoms with Crippen molar-refractivity contribution in [2.75, 3.05) is 0 Å². The second kappa shape index (κ2) is 2.92. The second-order valence-corrected chi connectivity index (χ2v) is 2.74. The molecule has 0 unspecified atom stereocenters. The number of phenolic OH excluding ortho intramolecular Hbond substituents is 1. The number of hydrogen-bond acceptors (Lipinski definition) is 2. The fraction of sp³-hybridized carbons (Fsp3) is 0. The highest BCUT2D eigenvalue weighted by Gasteiger charge is 2.09. The SMILES string of the molecule is O=C(O)c1cccc(O)c1Br. The number of rotatable bonds is 1. The zero-order valence-corrected chi connectivity index (χ0v) is 7.00. The molecule has 1 rings (SSSR count). The van der Waals surface area contributed by atoms with Gasteiger partial charge in [0.05, 0.1) is 10.0 Å². The zero-order valence-electron chi connectivity index (χ0n) is 5.41. The van der Waals surface area contributed by atoms with Crippen molar-refractivity contribution in [2.24, 2.45) is 0 Å². The van der Waals surface area contributed by atoms with Crippen molar-refractivity contribution in [3.63, 3.8) is 0 Å². The molecule has 0 saturated carbocycles. The summed E-state index contributed by atoms with van der Waals surface area (Å²) in [5.74, 6) is -1.13. The Kier molecular flexibility index (Phi) is 2.14. The highest BCUT2D eigenvalue weighted by Crippen LogP contribution is 2.26. The molecule has 58 valence electrons. The Morgan fingerprint density at radius 2 is 2.09 bits per heavy atom. The summed E-state index contributed by atoms with van der Waals surface area (Å²) in [7, 11) is 0. The summed E-state index contributed by atoms with van der Waals surface area (Å²) < 4.78 is 0.215. The summed E-state index contributed by atoms with van der Waals surface area (Å²) in [5.41, 5.74) is 0.0602. The number of phenols is 1. The minimum Gasteiger partial charge on any atom is -0.507 e. The first-order valence-electron chi connectivity index (χ1n) is 2.83. The van der Waals surface area contributed by atoms with Gasteiger partial charge in [-0.05, 0) is 28.1 Å². The van der Waals surface area contributed by atoms with Crippen molar-refractivity contribution >= 4 is 21.9 Å². The molecule has 2 N–H and O–H groups in total. The van der Waals surface area contributed by atoms with Gasteiger partial charge < -0.3 is 10.2 Å². The van der Waals surface area contributed by atoms with Gasteiger partial charge in [0, 0.05) is 0 Å². The van der Waals surface area contributed by atoms with Crippen molar-refractivity contribution in [3.05, 3.63) is 28.2 Å². The molecule has 0 radical (unpaired) electrons. The van der Waals surface area contributed by atoms with Gasteiger partial charge in [0.25, 0.3) is 0 Å². The molecule has 0 aromatic heterocycles. The molecule has 11 heavy (non-hydrogen) atoms. The van der Waals surface area contributed by atoms with Crippen molar-refractivity contribution in [1.29, 1.82) is 0 Å². The molecular formula is C7H5BrO3. The van der Waals surface area contributed by atoms with E-state index in [-0.39, 0.29) is 15.8 Å². The number of hydrogen-bond donors (Lipinski definition) is 2. The van der Waals surface area contributed by atoms with Gasteiger partial charge in [0.1, 0.15) is 5.75 Å². The van der Waals surface area contributed by atoms with Crippen LogP contribution in [0.25, 0.3) is 0 Å². The summed E-state index contributed by atoms with van der Waals surface area (Å²) in [6.07, 6.45) is 0. The topological polar surface area (TPSA) is 57.5 Å². The third-order valence-electron chi connectivity index (χ3n) is 1.21. The standard InChI is InChI=1S/C7H5BrO3/c8-6-4(7(10)11)2-1-3-5(6)9/h1-3,9H,(H,10,11). The average Bonchev–Trinajstić information content (AvgIpc) is 1.94. The molecule has 0 fully saturated rings. The summed E-state index contributed by atoms with van der Waals surface area (Å²) in [6.45, 7) is 0. The first kappa shape index (κ1) is 8.07. The van der Waals surface area contributed by atoms with Crippen molar-refractivity contribution < 1.29 is 15.0 Å². The van der Waals surface area contributed by atoms with Crippen LogP contribution in [0.1, 0.15) is 10.4 Å². The van der Waals surface area contributed by atoms with Crippen LogP contribution in [-0.4, -0.2) is 16.2 Å². The van der Waals surface area contributed by atoms with Crippen LogP contribution in [-0.2, 0) is 0 Å². The smallest absolute Gasteiger partial charge is 0.336 e. The van der Waals surface area contributed by atoms with E-state index >= 15 is 0 Å². The molecule has 0 atom stereocenters. The van der Waals surface area contributed by atoms with Crippen molar-refractivity contribution in [3.8, 4) is 5.75 Å². The van der Waals surface area contributed by atoms with E-state index in [1.807, 2.05) is 0 Å². The van der Waals surface area contributed by atoms with E-state index in [1.54, 1.807) is 0 Å². The van der Waals surface area contributed by atoms with Crippen LogP contribution in [0.3, 0.4) is 0 Å². The molecule has 0 spiro atoms. The predicted octanol–water partition coefficient (Wildman–Crippen LogP) is 1.85. The maximum atomic E-state index is 10.4. The maximum absolute atomic E-state index is 10.4. The molecular weight excluding hydrogens is 212 g/mol. The lowest BCUT2D eigenvalue weighted by molar-refractivity contribution is 0.0695. The van der Waals surface area contributed by atoms with E-state index in [1.165, 1.54) is 18.2 Å². The Balaban J connectivity index is 3.27. The fourth-order valence-electron chi connectivity index (χ4n) is 0.685. The monoisotopic (exact) mass is 216 g/mol. The minimum absolute atomic E-state index is 0.0602. The molecule has 0 saturated heterocycles. The molecule has 4 heteroatoms. The van der Waals surface area contributed by atoms with Crippen molar-refractivity contribution in [2.45, 2.75) is 0 Å². The number of benzene rings is 1.